The van der Waals surface area contributed by atoms with E-state index in [2.05, 4.69) is 47.5 Å². The Balaban J connectivity index is 2.06. The molecule has 140 valence electrons. The number of amidine groups is 2. The third kappa shape index (κ3) is 7.16. The smallest absolute Gasteiger partial charge is 0.207 e. The van der Waals surface area contributed by atoms with Gasteiger partial charge in [0.05, 0.1) is 5.84 Å². The van der Waals surface area contributed by atoms with Crippen LogP contribution in [0.1, 0.15) is 36.8 Å². The standard InChI is InChI=1S/C21H25N5S/c22-15-26-21(25)14-6-10-17-8-2-4-12-19(17)27-18-11-3-1-7-16(18)9-5-13-20(23)24/h1-4,7-8,11-12H,5-6,9-10,13-14H2,(H3,23,24)(H2,25,26). The van der Waals surface area contributed by atoms with Crippen molar-refractivity contribution in [3.63, 3.8) is 0 Å². The predicted octanol–water partition coefficient (Wildman–Crippen LogP) is 4.26. The number of nitrogens with one attached hydrogen (secondary N) is 1. The molecule has 0 amide bonds. The molecular weight excluding hydrogens is 354 g/mol. The van der Waals surface area contributed by atoms with Crippen molar-refractivity contribution in [2.75, 3.05) is 0 Å². The van der Waals surface area contributed by atoms with Gasteiger partial charge in [0.2, 0.25) is 6.19 Å². The van der Waals surface area contributed by atoms with E-state index in [0.717, 1.165) is 25.7 Å². The van der Waals surface area contributed by atoms with E-state index >= 15 is 0 Å². The van der Waals surface area contributed by atoms with Gasteiger partial charge in [-0.1, -0.05) is 48.2 Å². The van der Waals surface area contributed by atoms with Crippen LogP contribution in [0.5, 0.6) is 0 Å². The maximum atomic E-state index is 8.54. The van der Waals surface area contributed by atoms with E-state index in [4.69, 9.17) is 22.1 Å². The Bertz CT molecular complexity index is 838. The van der Waals surface area contributed by atoms with Crippen molar-refractivity contribution in [3.8, 4) is 6.19 Å². The van der Waals surface area contributed by atoms with Crippen molar-refractivity contribution in [1.29, 1.82) is 10.7 Å². The molecule has 2 aromatic rings. The van der Waals surface area contributed by atoms with E-state index in [-0.39, 0.29) is 5.84 Å². The van der Waals surface area contributed by atoms with Gasteiger partial charge < -0.3 is 11.5 Å². The molecule has 0 spiro atoms. The molecule has 0 radical (unpaired) electrons. The van der Waals surface area contributed by atoms with Crippen LogP contribution in [0.15, 0.2) is 63.3 Å². The van der Waals surface area contributed by atoms with Crippen molar-refractivity contribution in [3.05, 3.63) is 59.7 Å². The van der Waals surface area contributed by atoms with E-state index in [0.29, 0.717) is 18.7 Å². The number of hydrogen-bond donors (Lipinski definition) is 3. The summed E-state index contributed by atoms with van der Waals surface area (Å²) in [6, 6.07) is 16.8. The zero-order valence-electron chi connectivity index (χ0n) is 15.3. The lowest BCUT2D eigenvalue weighted by molar-refractivity contribution is 0.840. The summed E-state index contributed by atoms with van der Waals surface area (Å²) >= 11 is 1.77. The van der Waals surface area contributed by atoms with Crippen molar-refractivity contribution >= 4 is 23.4 Å². The lowest BCUT2D eigenvalue weighted by Crippen LogP contribution is -2.11. The van der Waals surface area contributed by atoms with Gasteiger partial charge in [-0.25, -0.2) is 0 Å². The first-order valence-electron chi connectivity index (χ1n) is 8.98. The summed E-state index contributed by atoms with van der Waals surface area (Å²) in [5, 5.41) is 15.9. The van der Waals surface area contributed by atoms with E-state index in [9.17, 15) is 0 Å². The minimum absolute atomic E-state index is 0.240. The monoisotopic (exact) mass is 379 g/mol. The fourth-order valence-electron chi connectivity index (χ4n) is 2.79. The summed E-state index contributed by atoms with van der Waals surface area (Å²) in [6.45, 7) is 0. The van der Waals surface area contributed by atoms with Gasteiger partial charge in [-0.2, -0.15) is 10.3 Å². The molecule has 0 aliphatic heterocycles. The Kier molecular flexibility index (Phi) is 8.40. The molecule has 0 unspecified atom stereocenters. The van der Waals surface area contributed by atoms with Crippen LogP contribution in [0, 0.1) is 16.9 Å². The van der Waals surface area contributed by atoms with Gasteiger partial charge in [-0.15, -0.1) is 0 Å². The van der Waals surface area contributed by atoms with Crippen LogP contribution in [-0.4, -0.2) is 11.7 Å². The second-order valence-electron chi connectivity index (χ2n) is 6.25. The first-order chi connectivity index (χ1) is 13.1. The maximum absolute atomic E-state index is 8.54. The summed E-state index contributed by atoms with van der Waals surface area (Å²) in [4.78, 5) is 6.03. The molecule has 0 bridgehead atoms. The van der Waals surface area contributed by atoms with Crippen molar-refractivity contribution in [1.82, 2.24) is 0 Å². The number of aliphatic imine (C=N–C) groups is 1. The first-order valence-corrected chi connectivity index (χ1v) is 9.79. The predicted molar refractivity (Wildman–Crippen MR) is 112 cm³/mol. The average Bonchev–Trinajstić information content (AvgIpc) is 2.64. The second-order valence-corrected chi connectivity index (χ2v) is 7.34. The van der Waals surface area contributed by atoms with Gasteiger partial charge in [-0.3, -0.25) is 5.41 Å². The summed E-state index contributed by atoms with van der Waals surface area (Å²) in [5.41, 5.74) is 13.7. The van der Waals surface area contributed by atoms with Gasteiger partial charge >= 0.3 is 0 Å². The zero-order chi connectivity index (χ0) is 19.5. The molecule has 0 heterocycles. The number of nitriles is 1. The number of aryl methyl sites for hydroxylation is 2. The highest BCUT2D eigenvalue weighted by atomic mass is 32.2. The summed E-state index contributed by atoms with van der Waals surface area (Å²) in [7, 11) is 0. The quantitative estimate of drug-likeness (QED) is 0.325. The molecule has 2 aromatic carbocycles. The van der Waals surface area contributed by atoms with Gasteiger partial charge in [0.1, 0.15) is 5.84 Å². The summed E-state index contributed by atoms with van der Waals surface area (Å²) in [6.07, 6.45) is 6.51. The Morgan fingerprint density at radius 1 is 0.926 bits per heavy atom. The maximum Gasteiger partial charge on any atom is 0.207 e. The highest BCUT2D eigenvalue weighted by Crippen LogP contribution is 2.34. The molecule has 0 aliphatic carbocycles. The molecule has 0 saturated heterocycles. The highest BCUT2D eigenvalue weighted by molar-refractivity contribution is 7.99. The molecular formula is C21H25N5S. The van der Waals surface area contributed by atoms with E-state index < -0.39 is 0 Å². The van der Waals surface area contributed by atoms with Crippen LogP contribution in [-0.2, 0) is 12.8 Å². The van der Waals surface area contributed by atoms with E-state index in [1.54, 1.807) is 18.0 Å². The summed E-state index contributed by atoms with van der Waals surface area (Å²) < 4.78 is 0. The molecule has 5 N–H and O–H groups in total. The lowest BCUT2D eigenvalue weighted by Gasteiger charge is -2.12. The first kappa shape index (κ1) is 20.5. The normalized spacial score (nSPS) is 11.1. The lowest BCUT2D eigenvalue weighted by atomic mass is 10.1. The van der Waals surface area contributed by atoms with Crippen LogP contribution in [0.4, 0.5) is 0 Å². The third-order valence-electron chi connectivity index (χ3n) is 4.13. The number of hydrogen-bond acceptors (Lipinski definition) is 4. The number of nitrogens with two attached hydrogens (primary N) is 2. The van der Waals surface area contributed by atoms with Gasteiger partial charge in [0.15, 0.2) is 0 Å². The Hall–Kier alpha value is -2.78. The molecule has 0 fully saturated rings. The summed E-state index contributed by atoms with van der Waals surface area (Å²) in [5.74, 6) is 0.628. The molecule has 0 aliphatic rings. The van der Waals surface area contributed by atoms with Gasteiger partial charge in [0, 0.05) is 22.6 Å². The Morgan fingerprint density at radius 2 is 1.44 bits per heavy atom. The number of nitrogens with zero attached hydrogens (tertiary/aromatic N) is 2. The Labute approximate surface area is 165 Å². The van der Waals surface area contributed by atoms with Gasteiger partial charge in [-0.05, 0) is 48.9 Å². The topological polar surface area (TPSA) is 112 Å². The SMILES string of the molecule is N#C/N=C(\N)CCCc1ccccc1Sc1ccccc1CCCC(=N)N. The van der Waals surface area contributed by atoms with Crippen molar-refractivity contribution < 1.29 is 0 Å². The van der Waals surface area contributed by atoms with E-state index in [1.807, 2.05) is 6.07 Å². The van der Waals surface area contributed by atoms with Gasteiger partial charge in [0.25, 0.3) is 0 Å². The van der Waals surface area contributed by atoms with Crippen LogP contribution >= 0.6 is 11.8 Å². The minimum Gasteiger partial charge on any atom is -0.388 e. The zero-order valence-corrected chi connectivity index (χ0v) is 16.1. The van der Waals surface area contributed by atoms with E-state index in [1.165, 1.54) is 20.9 Å². The number of rotatable bonds is 10. The molecule has 6 heteroatoms. The minimum atomic E-state index is 0.240. The molecule has 27 heavy (non-hydrogen) atoms. The van der Waals surface area contributed by atoms with Crippen LogP contribution in [0.3, 0.4) is 0 Å². The molecule has 5 nitrogen and oxygen atoms in total. The fraction of sp³-hybridized carbons (Fsp3) is 0.286. The van der Waals surface area contributed by atoms with Crippen LogP contribution in [0.2, 0.25) is 0 Å². The van der Waals surface area contributed by atoms with Crippen molar-refractivity contribution in [2.24, 2.45) is 16.5 Å². The third-order valence-corrected chi connectivity index (χ3v) is 5.37. The molecule has 2 rings (SSSR count). The fourth-order valence-corrected chi connectivity index (χ4v) is 3.92. The second kappa shape index (κ2) is 11.0. The molecule has 0 aromatic heterocycles. The molecule has 0 atom stereocenters. The van der Waals surface area contributed by atoms with Crippen LogP contribution in [0.25, 0.3) is 0 Å². The molecule has 0 saturated carbocycles. The van der Waals surface area contributed by atoms with Crippen molar-refractivity contribution in [2.45, 2.75) is 48.3 Å². The number of benzene rings is 2. The highest BCUT2D eigenvalue weighted by Gasteiger charge is 2.08. The Morgan fingerprint density at radius 3 is 1.96 bits per heavy atom. The average molecular weight is 380 g/mol. The van der Waals surface area contributed by atoms with Crippen LogP contribution < -0.4 is 11.5 Å². The largest absolute Gasteiger partial charge is 0.388 e.